The summed E-state index contributed by atoms with van der Waals surface area (Å²) < 4.78 is 11.5. The van der Waals surface area contributed by atoms with Crippen LogP contribution in [-0.4, -0.2) is 39.7 Å². The van der Waals surface area contributed by atoms with Gasteiger partial charge in [-0.3, -0.25) is 4.79 Å². The fourth-order valence-electron chi connectivity index (χ4n) is 10.9. The van der Waals surface area contributed by atoms with Crippen molar-refractivity contribution in [1.29, 1.82) is 0 Å². The van der Waals surface area contributed by atoms with Gasteiger partial charge in [0.2, 0.25) is 0 Å². The molecular weight excluding hydrogens is 502 g/mol. The first-order chi connectivity index (χ1) is 18.6. The molecule has 0 amide bonds. The fraction of sp³-hybridized carbons (Fsp3) is 0.824. The van der Waals surface area contributed by atoms with Crippen molar-refractivity contribution in [1.82, 2.24) is 5.16 Å². The van der Waals surface area contributed by atoms with E-state index in [1.54, 1.807) is 0 Å². The van der Waals surface area contributed by atoms with Crippen molar-refractivity contribution in [3.8, 4) is 0 Å². The molecule has 9 atom stereocenters. The number of allylic oxidation sites excluding steroid dienone is 1. The number of aliphatic hydroxyl groups excluding tert-OH is 1. The molecule has 0 aliphatic heterocycles. The van der Waals surface area contributed by atoms with Gasteiger partial charge < -0.3 is 19.5 Å². The summed E-state index contributed by atoms with van der Waals surface area (Å²) in [6, 6.07) is 0. The van der Waals surface area contributed by atoms with Crippen LogP contribution in [0, 0.1) is 38.9 Å². The minimum absolute atomic E-state index is 0.0435. The normalized spacial score (nSPS) is 47.7. The van der Waals surface area contributed by atoms with Gasteiger partial charge in [-0.15, -0.1) is 0 Å². The molecule has 6 heteroatoms. The number of carbonyl (C=O) groups excluding carboxylic acids is 1. The third-order valence-corrected chi connectivity index (χ3v) is 13.7. The van der Waals surface area contributed by atoms with Crippen LogP contribution in [0.15, 0.2) is 22.4 Å². The Morgan fingerprint density at radius 3 is 2.55 bits per heavy atom. The molecule has 1 unspecified atom stereocenters. The van der Waals surface area contributed by atoms with Crippen LogP contribution in [0.25, 0.3) is 0 Å². The summed E-state index contributed by atoms with van der Waals surface area (Å²) in [5.74, 6) is 1.26. The Balaban J connectivity index is 1.51. The van der Waals surface area contributed by atoms with Crippen LogP contribution in [0.5, 0.6) is 0 Å². The number of fused-ring (bicyclic) bond motifs is 9. The Hall–Kier alpha value is -1.66. The van der Waals surface area contributed by atoms with E-state index in [9.17, 15) is 15.0 Å². The third-order valence-electron chi connectivity index (χ3n) is 13.7. The first-order valence-electron chi connectivity index (χ1n) is 15.8. The molecule has 0 saturated heterocycles. The number of aromatic nitrogens is 1. The number of carbonyl (C=O) groups is 1. The average molecular weight is 554 g/mol. The highest BCUT2D eigenvalue weighted by molar-refractivity contribution is 5.66. The molecule has 2 N–H and O–H groups in total. The van der Waals surface area contributed by atoms with Crippen molar-refractivity contribution in [2.24, 2.45) is 38.9 Å². The van der Waals surface area contributed by atoms with Gasteiger partial charge >= 0.3 is 5.97 Å². The zero-order chi connectivity index (χ0) is 28.9. The molecule has 222 valence electrons. The number of esters is 1. The van der Waals surface area contributed by atoms with Gasteiger partial charge in [-0.05, 0) is 80.0 Å². The lowest BCUT2D eigenvalue weighted by Gasteiger charge is -2.68. The summed E-state index contributed by atoms with van der Waals surface area (Å²) in [7, 11) is 0. The van der Waals surface area contributed by atoms with Gasteiger partial charge in [0.05, 0.1) is 12.8 Å². The smallest absolute Gasteiger partial charge is 0.302 e. The molecule has 5 aliphatic rings. The zero-order valence-electron chi connectivity index (χ0n) is 25.8. The maximum Gasteiger partial charge on any atom is 0.302 e. The van der Waals surface area contributed by atoms with Crippen LogP contribution in [0.4, 0.5) is 0 Å². The van der Waals surface area contributed by atoms with Crippen molar-refractivity contribution in [3.05, 3.63) is 29.2 Å². The molecule has 0 radical (unpaired) electrons. The quantitative estimate of drug-likeness (QED) is 0.311. The van der Waals surface area contributed by atoms with Crippen LogP contribution in [0.3, 0.4) is 0 Å². The number of rotatable bonds is 2. The van der Waals surface area contributed by atoms with Gasteiger partial charge in [0.15, 0.2) is 0 Å². The molecule has 6 rings (SSSR count). The Morgan fingerprint density at radius 1 is 1.10 bits per heavy atom. The number of aliphatic hydroxyl groups is 2. The lowest BCUT2D eigenvalue weighted by atomic mass is 9.38. The van der Waals surface area contributed by atoms with E-state index in [4.69, 9.17) is 9.26 Å². The number of hydrogen-bond donors (Lipinski definition) is 2. The predicted octanol–water partition coefficient (Wildman–Crippen LogP) is 6.74. The Labute approximate surface area is 240 Å². The van der Waals surface area contributed by atoms with E-state index in [0.29, 0.717) is 12.5 Å². The van der Waals surface area contributed by atoms with Crippen LogP contribution in [-0.2, 0) is 16.0 Å². The lowest BCUT2D eigenvalue weighted by molar-refractivity contribution is -0.284. The maximum absolute atomic E-state index is 13.3. The van der Waals surface area contributed by atoms with Crippen molar-refractivity contribution in [2.45, 2.75) is 130 Å². The molecule has 0 spiro atoms. The largest absolute Gasteiger partial charge is 0.465 e. The summed E-state index contributed by atoms with van der Waals surface area (Å²) >= 11 is 0. The van der Waals surface area contributed by atoms with Crippen LogP contribution >= 0.6 is 0 Å². The van der Waals surface area contributed by atoms with Crippen LogP contribution in [0.2, 0.25) is 0 Å². The molecule has 1 aromatic heterocycles. The summed E-state index contributed by atoms with van der Waals surface area (Å²) in [6.45, 7) is 15.8. The Bertz CT molecular complexity index is 1220. The van der Waals surface area contributed by atoms with Gasteiger partial charge in [-0.1, -0.05) is 64.8 Å². The van der Waals surface area contributed by atoms with Gasteiger partial charge in [0.25, 0.3) is 0 Å². The number of ether oxygens (including phenoxy) is 1. The van der Waals surface area contributed by atoms with E-state index < -0.39 is 17.1 Å². The minimum atomic E-state index is -1.32. The van der Waals surface area contributed by atoms with Crippen LogP contribution < -0.4 is 0 Å². The van der Waals surface area contributed by atoms with Gasteiger partial charge in [0.1, 0.15) is 17.5 Å². The predicted molar refractivity (Wildman–Crippen MR) is 153 cm³/mol. The van der Waals surface area contributed by atoms with E-state index in [2.05, 4.69) is 52.8 Å². The molecule has 2 bridgehead atoms. The molecule has 1 aromatic rings. The number of nitrogens with zero attached hydrogens (tertiary/aromatic N) is 1. The second-order valence-electron chi connectivity index (χ2n) is 16.2. The molecule has 6 nitrogen and oxygen atoms in total. The molecule has 0 aromatic carbocycles. The van der Waals surface area contributed by atoms with Crippen molar-refractivity contribution in [2.75, 3.05) is 6.61 Å². The summed E-state index contributed by atoms with van der Waals surface area (Å²) in [4.78, 5) is 12.0. The molecule has 40 heavy (non-hydrogen) atoms. The van der Waals surface area contributed by atoms with Crippen LogP contribution in [0.1, 0.15) is 123 Å². The first-order valence-corrected chi connectivity index (χ1v) is 15.8. The summed E-state index contributed by atoms with van der Waals surface area (Å²) in [6.07, 6.45) is 12.4. The van der Waals surface area contributed by atoms with Crippen molar-refractivity contribution < 1.29 is 24.3 Å². The average Bonchev–Trinajstić information content (AvgIpc) is 3.32. The highest BCUT2D eigenvalue weighted by atomic mass is 16.5. The molecular formula is C34H51NO5. The molecule has 3 saturated carbocycles. The Morgan fingerprint density at radius 2 is 1.82 bits per heavy atom. The molecule has 1 heterocycles. The standard InChI is InChI=1S/C34H51NO5/c1-21-25-9-8-10-30(5)17-24(31(25,6)16-23-19-35-40-28(21)23)15-27(37)34(38)26-18-29(3,4)11-13-33(26,20-39-22(2)36)14-12-32(30,34)7/h15,19,21,25-27,37-38H,8-14,16-18,20H2,1-7H3/t21-,25-,26?,27+,30+,31+,32-,33+,34+/m0/s1. The second-order valence-corrected chi connectivity index (χ2v) is 16.2. The van der Waals surface area contributed by atoms with Crippen molar-refractivity contribution >= 4 is 5.97 Å². The first kappa shape index (κ1) is 28.5. The van der Waals surface area contributed by atoms with Gasteiger partial charge in [0, 0.05) is 35.2 Å². The van der Waals surface area contributed by atoms with Gasteiger partial charge in [-0.25, -0.2) is 0 Å². The SMILES string of the molecule is CC(=O)OC[C@]12CCC(C)(C)CC1[C@@]1(O)[C@H](O)C=C3C[C@@](C)(CCC[C@H]4[C@H](C)c5oncc5C[C@]34C)[C@]1(C)CC2. The topological polar surface area (TPSA) is 92.8 Å². The molecule has 3 fully saturated rings. The Kier molecular flexibility index (Phi) is 6.35. The van der Waals surface area contributed by atoms with E-state index >= 15 is 0 Å². The highest BCUT2D eigenvalue weighted by Crippen LogP contribution is 2.72. The monoisotopic (exact) mass is 553 g/mol. The fourth-order valence-corrected chi connectivity index (χ4v) is 10.9. The molecule has 5 aliphatic carbocycles. The summed E-state index contributed by atoms with van der Waals surface area (Å²) in [5, 5.41) is 29.9. The van der Waals surface area contributed by atoms with E-state index in [1.165, 1.54) is 18.1 Å². The number of hydrogen-bond acceptors (Lipinski definition) is 6. The maximum atomic E-state index is 13.3. The third kappa shape index (κ3) is 3.73. The van der Waals surface area contributed by atoms with E-state index in [1.807, 2.05) is 6.20 Å². The van der Waals surface area contributed by atoms with E-state index in [0.717, 1.165) is 70.0 Å². The zero-order valence-corrected chi connectivity index (χ0v) is 25.8. The summed E-state index contributed by atoms with van der Waals surface area (Å²) in [5.41, 5.74) is 0.0923. The minimum Gasteiger partial charge on any atom is -0.465 e. The van der Waals surface area contributed by atoms with Crippen molar-refractivity contribution in [3.63, 3.8) is 0 Å². The van der Waals surface area contributed by atoms with E-state index in [-0.39, 0.29) is 39.5 Å². The highest BCUT2D eigenvalue weighted by Gasteiger charge is 2.72. The lowest BCUT2D eigenvalue weighted by Crippen LogP contribution is -2.71. The second kappa shape index (κ2) is 8.92. The van der Waals surface area contributed by atoms with Gasteiger partial charge in [-0.2, -0.15) is 0 Å².